The summed E-state index contributed by atoms with van der Waals surface area (Å²) in [7, 11) is -1.94. The second-order valence-electron chi connectivity index (χ2n) is 6.02. The zero-order valence-electron chi connectivity index (χ0n) is 14.3. The number of ether oxygens (including phenoxy) is 1. The monoisotopic (exact) mass is 380 g/mol. The Kier molecular flexibility index (Phi) is 5.22. The molecule has 1 aliphatic rings. The molecule has 0 atom stereocenters. The fourth-order valence-corrected chi connectivity index (χ4v) is 4.93. The van der Waals surface area contributed by atoms with Gasteiger partial charge < -0.3 is 9.64 Å². The number of benzene rings is 2. The first-order chi connectivity index (χ1) is 11.9. The zero-order valence-corrected chi connectivity index (χ0v) is 15.8. The number of nitrogens with zero attached hydrogens (tertiary/aromatic N) is 2. The van der Waals surface area contributed by atoms with Crippen molar-refractivity contribution in [2.45, 2.75) is 11.8 Å². The van der Waals surface area contributed by atoms with Gasteiger partial charge in [0.05, 0.1) is 12.1 Å². The number of piperazine rings is 1. The first kappa shape index (κ1) is 18.0. The number of hydrogen-bond acceptors (Lipinski definition) is 4. The van der Waals surface area contributed by atoms with Crippen LogP contribution in [-0.4, -0.2) is 46.0 Å². The van der Waals surface area contributed by atoms with Gasteiger partial charge in [-0.1, -0.05) is 17.7 Å². The summed E-state index contributed by atoms with van der Waals surface area (Å²) in [4.78, 5) is 2.35. The largest absolute Gasteiger partial charge is 0.497 e. The topological polar surface area (TPSA) is 49.9 Å². The van der Waals surface area contributed by atoms with E-state index in [1.165, 1.54) is 4.31 Å². The van der Waals surface area contributed by atoms with E-state index < -0.39 is 10.0 Å². The molecule has 0 saturated carbocycles. The highest BCUT2D eigenvalue weighted by Gasteiger charge is 2.30. The van der Waals surface area contributed by atoms with Crippen LogP contribution in [0.3, 0.4) is 0 Å². The van der Waals surface area contributed by atoms with Gasteiger partial charge in [-0.2, -0.15) is 4.31 Å². The van der Waals surface area contributed by atoms with E-state index in [-0.39, 0.29) is 9.92 Å². The van der Waals surface area contributed by atoms with E-state index in [2.05, 4.69) is 4.90 Å². The molecule has 2 aromatic rings. The van der Waals surface area contributed by atoms with E-state index in [1.807, 2.05) is 31.2 Å². The summed E-state index contributed by atoms with van der Waals surface area (Å²) in [6, 6.07) is 12.8. The molecule has 1 aliphatic heterocycles. The van der Waals surface area contributed by atoms with Crippen molar-refractivity contribution in [1.29, 1.82) is 0 Å². The lowest BCUT2D eigenvalue weighted by Gasteiger charge is -2.35. The normalized spacial score (nSPS) is 16.0. The van der Waals surface area contributed by atoms with E-state index in [4.69, 9.17) is 16.3 Å². The minimum absolute atomic E-state index is 0.178. The quantitative estimate of drug-likeness (QED) is 0.817. The molecule has 1 saturated heterocycles. The van der Waals surface area contributed by atoms with Gasteiger partial charge in [0.25, 0.3) is 0 Å². The van der Waals surface area contributed by atoms with Gasteiger partial charge >= 0.3 is 0 Å². The Morgan fingerprint density at radius 2 is 1.64 bits per heavy atom. The van der Waals surface area contributed by atoms with Gasteiger partial charge in [0, 0.05) is 31.9 Å². The summed E-state index contributed by atoms with van der Waals surface area (Å²) in [6.45, 7) is 4.01. The molecule has 0 aliphatic carbocycles. The van der Waals surface area contributed by atoms with Crippen molar-refractivity contribution in [3.8, 4) is 5.75 Å². The summed E-state index contributed by atoms with van der Waals surface area (Å²) in [5.74, 6) is 0.805. The van der Waals surface area contributed by atoms with Gasteiger partial charge in [0.2, 0.25) is 10.0 Å². The molecular formula is C18H21ClN2O3S. The Hall–Kier alpha value is -1.76. The molecule has 1 fully saturated rings. The van der Waals surface area contributed by atoms with Gasteiger partial charge in [-0.3, -0.25) is 0 Å². The van der Waals surface area contributed by atoms with Gasteiger partial charge in [0.1, 0.15) is 10.6 Å². The average molecular weight is 381 g/mol. The lowest BCUT2D eigenvalue weighted by molar-refractivity contribution is 0.384. The molecule has 0 amide bonds. The third-order valence-corrected chi connectivity index (χ3v) is 6.76. The molecule has 0 bridgehead atoms. The molecule has 2 aromatic carbocycles. The van der Waals surface area contributed by atoms with Crippen molar-refractivity contribution in [2.75, 3.05) is 38.2 Å². The molecule has 25 heavy (non-hydrogen) atoms. The lowest BCUT2D eigenvalue weighted by atomic mass is 10.2. The van der Waals surface area contributed by atoms with Crippen LogP contribution in [0.4, 0.5) is 5.69 Å². The third kappa shape index (κ3) is 3.76. The molecule has 1 heterocycles. The van der Waals surface area contributed by atoms with E-state index in [1.54, 1.807) is 25.3 Å². The number of halogens is 1. The highest BCUT2D eigenvalue weighted by molar-refractivity contribution is 7.89. The third-order valence-electron chi connectivity index (χ3n) is 4.38. The van der Waals surface area contributed by atoms with Crippen LogP contribution in [0.5, 0.6) is 5.75 Å². The second kappa shape index (κ2) is 7.23. The van der Waals surface area contributed by atoms with Crippen molar-refractivity contribution < 1.29 is 13.2 Å². The standard InChI is InChI=1S/C18H21ClN2O3S/c1-14-3-8-18(17(19)13-14)25(22,23)21-11-9-20(10-12-21)15-4-6-16(24-2)7-5-15/h3-8,13H,9-12H2,1-2H3. The molecule has 0 radical (unpaired) electrons. The number of hydrogen-bond donors (Lipinski definition) is 0. The second-order valence-corrected chi connectivity index (χ2v) is 8.34. The lowest BCUT2D eigenvalue weighted by Crippen LogP contribution is -2.48. The molecule has 0 spiro atoms. The summed E-state index contributed by atoms with van der Waals surface area (Å²) < 4.78 is 32.4. The van der Waals surface area contributed by atoms with Gasteiger partial charge in [-0.25, -0.2) is 8.42 Å². The predicted molar refractivity (Wildman–Crippen MR) is 100 cm³/mol. The SMILES string of the molecule is COc1ccc(N2CCN(S(=O)(=O)c3ccc(C)cc3Cl)CC2)cc1. The number of sulfonamides is 1. The summed E-state index contributed by atoms with van der Waals surface area (Å²) in [5.41, 5.74) is 2.00. The first-order valence-corrected chi connectivity index (χ1v) is 9.89. The van der Waals surface area contributed by atoms with Crippen LogP contribution in [0, 0.1) is 6.92 Å². The molecule has 0 aromatic heterocycles. The Morgan fingerprint density at radius 3 is 2.20 bits per heavy atom. The summed E-state index contributed by atoms with van der Waals surface area (Å²) >= 11 is 6.16. The fraction of sp³-hybridized carbons (Fsp3) is 0.333. The van der Waals surface area contributed by atoms with Crippen molar-refractivity contribution in [3.05, 3.63) is 53.1 Å². The minimum Gasteiger partial charge on any atom is -0.497 e. The maximum absolute atomic E-state index is 12.9. The highest BCUT2D eigenvalue weighted by Crippen LogP contribution is 2.27. The molecule has 134 valence electrons. The average Bonchev–Trinajstić information content (AvgIpc) is 2.61. The summed E-state index contributed by atoms with van der Waals surface area (Å²) in [6.07, 6.45) is 0. The number of anilines is 1. The van der Waals surface area contributed by atoms with E-state index >= 15 is 0 Å². The van der Waals surface area contributed by atoms with Crippen LogP contribution in [0.25, 0.3) is 0 Å². The fourth-order valence-electron chi connectivity index (χ4n) is 2.93. The molecule has 5 nitrogen and oxygen atoms in total. The van der Waals surface area contributed by atoms with Gasteiger partial charge in [-0.15, -0.1) is 0 Å². The van der Waals surface area contributed by atoms with Crippen LogP contribution in [0.2, 0.25) is 5.02 Å². The van der Waals surface area contributed by atoms with Crippen LogP contribution < -0.4 is 9.64 Å². The van der Waals surface area contributed by atoms with Gasteiger partial charge in [0.15, 0.2) is 0 Å². The summed E-state index contributed by atoms with van der Waals surface area (Å²) in [5, 5.41) is 0.276. The van der Waals surface area contributed by atoms with E-state index in [0.29, 0.717) is 26.2 Å². The number of methoxy groups -OCH3 is 1. The number of aryl methyl sites for hydroxylation is 1. The highest BCUT2D eigenvalue weighted by atomic mass is 35.5. The molecule has 0 unspecified atom stereocenters. The van der Waals surface area contributed by atoms with Crippen LogP contribution in [0.1, 0.15) is 5.56 Å². The Balaban J connectivity index is 1.72. The Labute approximate surface area is 153 Å². The molecule has 7 heteroatoms. The predicted octanol–water partition coefficient (Wildman–Crippen LogP) is 3.17. The zero-order chi connectivity index (χ0) is 18.0. The maximum atomic E-state index is 12.9. The smallest absolute Gasteiger partial charge is 0.244 e. The van der Waals surface area contributed by atoms with Crippen LogP contribution >= 0.6 is 11.6 Å². The van der Waals surface area contributed by atoms with Gasteiger partial charge in [-0.05, 0) is 48.9 Å². The molecule has 3 rings (SSSR count). The van der Waals surface area contributed by atoms with Crippen LogP contribution in [-0.2, 0) is 10.0 Å². The maximum Gasteiger partial charge on any atom is 0.244 e. The van der Waals surface area contributed by atoms with Crippen molar-refractivity contribution >= 4 is 27.3 Å². The van der Waals surface area contributed by atoms with E-state index in [0.717, 1.165) is 17.0 Å². The van der Waals surface area contributed by atoms with E-state index in [9.17, 15) is 8.42 Å². The van der Waals surface area contributed by atoms with Crippen molar-refractivity contribution in [1.82, 2.24) is 4.31 Å². The number of rotatable bonds is 4. The molecular weight excluding hydrogens is 360 g/mol. The van der Waals surface area contributed by atoms with Crippen molar-refractivity contribution in [2.24, 2.45) is 0 Å². The molecule has 0 N–H and O–H groups in total. The Morgan fingerprint density at radius 1 is 1.00 bits per heavy atom. The van der Waals surface area contributed by atoms with Crippen LogP contribution in [0.15, 0.2) is 47.4 Å². The Bertz CT molecular complexity index is 845. The minimum atomic E-state index is -3.57. The van der Waals surface area contributed by atoms with Crippen molar-refractivity contribution in [3.63, 3.8) is 0 Å². The first-order valence-electron chi connectivity index (χ1n) is 8.07.